The molecule has 1 rings (SSSR count). The Morgan fingerprint density at radius 2 is 2.11 bits per heavy atom. The predicted octanol–water partition coefficient (Wildman–Crippen LogP) is 1.98. The van der Waals surface area contributed by atoms with Gasteiger partial charge in [0.2, 0.25) is 0 Å². The zero-order valence-corrected chi connectivity index (χ0v) is 11.2. The second-order valence-electron chi connectivity index (χ2n) is 3.84. The number of carboxylic acids is 1. The molecule has 0 aliphatic rings. The molecule has 0 aliphatic heterocycles. The topological polar surface area (TPSA) is 77.9 Å². The van der Waals surface area contributed by atoms with E-state index in [0.717, 1.165) is 12.8 Å². The summed E-state index contributed by atoms with van der Waals surface area (Å²) in [7, 11) is 1.45. The van der Waals surface area contributed by atoms with E-state index in [1.807, 2.05) is 0 Å². The van der Waals surface area contributed by atoms with Crippen molar-refractivity contribution in [3.8, 4) is 11.5 Å². The zero-order chi connectivity index (χ0) is 14.1. The number of nitrogens with zero attached hydrogens (tertiary/aromatic N) is 1. The fraction of sp³-hybridized carbons (Fsp3) is 0.538. The maximum atomic E-state index is 10.8. The van der Waals surface area contributed by atoms with E-state index in [9.17, 15) is 4.79 Å². The predicted molar refractivity (Wildman–Crippen MR) is 69.0 cm³/mol. The van der Waals surface area contributed by atoms with Crippen molar-refractivity contribution in [3.05, 3.63) is 18.0 Å². The first-order chi connectivity index (χ1) is 9.19. The van der Waals surface area contributed by atoms with Crippen LogP contribution < -0.4 is 9.47 Å². The molecule has 0 saturated heterocycles. The number of aromatic nitrogens is 1. The van der Waals surface area contributed by atoms with E-state index in [1.54, 1.807) is 0 Å². The minimum atomic E-state index is -1.10. The monoisotopic (exact) mass is 269 g/mol. The van der Waals surface area contributed by atoms with Gasteiger partial charge in [-0.3, -0.25) is 0 Å². The van der Waals surface area contributed by atoms with Crippen LogP contribution in [0.5, 0.6) is 11.5 Å². The van der Waals surface area contributed by atoms with Gasteiger partial charge in [-0.05, 0) is 6.42 Å². The van der Waals surface area contributed by atoms with Gasteiger partial charge in [-0.1, -0.05) is 13.3 Å². The average molecular weight is 269 g/mol. The van der Waals surface area contributed by atoms with Gasteiger partial charge in [0, 0.05) is 12.7 Å². The van der Waals surface area contributed by atoms with Crippen LogP contribution in [-0.4, -0.2) is 43.0 Å². The maximum absolute atomic E-state index is 10.8. The molecule has 0 radical (unpaired) electrons. The molecule has 0 saturated carbocycles. The van der Waals surface area contributed by atoms with Gasteiger partial charge in [-0.2, -0.15) is 0 Å². The second kappa shape index (κ2) is 8.31. The number of carboxylic acid groups (broad SMARTS) is 1. The fourth-order valence-corrected chi connectivity index (χ4v) is 1.37. The summed E-state index contributed by atoms with van der Waals surface area (Å²) in [4.78, 5) is 14.5. The largest absolute Gasteiger partial charge is 0.493 e. The lowest BCUT2D eigenvalue weighted by Crippen LogP contribution is -2.09. The lowest BCUT2D eigenvalue weighted by Gasteiger charge is -2.10. The molecule has 0 fully saturated rings. The third-order valence-corrected chi connectivity index (χ3v) is 2.40. The first-order valence-corrected chi connectivity index (χ1v) is 6.17. The van der Waals surface area contributed by atoms with Crippen LogP contribution in [0.3, 0.4) is 0 Å². The van der Waals surface area contributed by atoms with Crippen LogP contribution in [-0.2, 0) is 4.74 Å². The Balaban J connectivity index is 2.47. The molecule has 1 aromatic heterocycles. The number of pyridine rings is 1. The molecular weight excluding hydrogens is 250 g/mol. The van der Waals surface area contributed by atoms with Crippen molar-refractivity contribution in [1.82, 2.24) is 4.98 Å². The molecule has 0 aliphatic carbocycles. The van der Waals surface area contributed by atoms with Gasteiger partial charge in [-0.15, -0.1) is 0 Å². The summed E-state index contributed by atoms with van der Waals surface area (Å²) in [5.74, 6) is -0.347. The highest BCUT2D eigenvalue weighted by Crippen LogP contribution is 2.26. The minimum Gasteiger partial charge on any atom is -0.493 e. The van der Waals surface area contributed by atoms with Gasteiger partial charge in [0.05, 0.1) is 19.9 Å². The molecule has 1 N–H and O–H groups in total. The average Bonchev–Trinajstić information content (AvgIpc) is 2.42. The Kier molecular flexibility index (Phi) is 6.67. The molecule has 19 heavy (non-hydrogen) atoms. The van der Waals surface area contributed by atoms with E-state index in [0.29, 0.717) is 31.3 Å². The third-order valence-electron chi connectivity index (χ3n) is 2.40. The number of hydrogen-bond donors (Lipinski definition) is 1. The lowest BCUT2D eigenvalue weighted by atomic mass is 10.3. The van der Waals surface area contributed by atoms with E-state index < -0.39 is 5.97 Å². The van der Waals surface area contributed by atoms with Crippen LogP contribution in [0, 0.1) is 0 Å². The second-order valence-corrected chi connectivity index (χ2v) is 3.84. The van der Waals surface area contributed by atoms with Gasteiger partial charge in [0.25, 0.3) is 0 Å². The molecule has 0 unspecified atom stereocenters. The van der Waals surface area contributed by atoms with Gasteiger partial charge >= 0.3 is 5.97 Å². The van der Waals surface area contributed by atoms with E-state index in [1.165, 1.54) is 19.4 Å². The number of carbonyl (C=O) groups is 1. The van der Waals surface area contributed by atoms with Crippen molar-refractivity contribution in [2.75, 3.05) is 26.9 Å². The summed E-state index contributed by atoms with van der Waals surface area (Å²) < 4.78 is 15.9. The summed E-state index contributed by atoms with van der Waals surface area (Å²) in [5.41, 5.74) is -0.0802. The molecule has 1 heterocycles. The number of ether oxygens (including phenoxy) is 3. The summed E-state index contributed by atoms with van der Waals surface area (Å²) >= 11 is 0. The third kappa shape index (κ3) is 5.13. The highest BCUT2D eigenvalue weighted by Gasteiger charge is 2.11. The van der Waals surface area contributed by atoms with Crippen molar-refractivity contribution >= 4 is 5.97 Å². The highest BCUT2D eigenvalue weighted by atomic mass is 16.5. The fourth-order valence-electron chi connectivity index (χ4n) is 1.37. The number of methoxy groups -OCH3 is 1. The molecule has 6 heteroatoms. The van der Waals surface area contributed by atoms with E-state index in [2.05, 4.69) is 11.9 Å². The van der Waals surface area contributed by atoms with E-state index >= 15 is 0 Å². The quantitative estimate of drug-likeness (QED) is 0.691. The maximum Gasteiger partial charge on any atom is 0.354 e. The molecule has 0 bridgehead atoms. The molecular formula is C13H19NO5. The van der Waals surface area contributed by atoms with Crippen molar-refractivity contribution in [2.45, 2.75) is 19.8 Å². The first-order valence-electron chi connectivity index (χ1n) is 6.17. The SMILES string of the molecule is CCCCOCCOc1cnc(C(=O)O)cc1OC. The van der Waals surface area contributed by atoms with Crippen molar-refractivity contribution in [1.29, 1.82) is 0 Å². The Labute approximate surface area is 112 Å². The molecule has 0 aromatic carbocycles. The molecule has 0 spiro atoms. The van der Waals surface area contributed by atoms with Crippen molar-refractivity contribution in [2.24, 2.45) is 0 Å². The summed E-state index contributed by atoms with van der Waals surface area (Å²) in [6.07, 6.45) is 3.46. The van der Waals surface area contributed by atoms with Crippen LogP contribution in [0.4, 0.5) is 0 Å². The van der Waals surface area contributed by atoms with Gasteiger partial charge < -0.3 is 19.3 Å². The molecule has 1 aromatic rings. The lowest BCUT2D eigenvalue weighted by molar-refractivity contribution is 0.0689. The highest BCUT2D eigenvalue weighted by molar-refractivity contribution is 5.86. The summed E-state index contributed by atoms with van der Waals surface area (Å²) in [6.45, 7) is 3.66. The first kappa shape index (κ1) is 15.2. The number of aromatic carboxylic acids is 1. The van der Waals surface area contributed by atoms with Gasteiger partial charge in [-0.25, -0.2) is 9.78 Å². The van der Waals surface area contributed by atoms with E-state index in [-0.39, 0.29) is 5.69 Å². The Morgan fingerprint density at radius 3 is 2.74 bits per heavy atom. The Bertz CT molecular complexity index is 408. The van der Waals surface area contributed by atoms with Crippen LogP contribution in [0.2, 0.25) is 0 Å². The Morgan fingerprint density at radius 1 is 1.32 bits per heavy atom. The molecule has 0 atom stereocenters. The number of rotatable bonds is 9. The van der Waals surface area contributed by atoms with Crippen molar-refractivity contribution < 1.29 is 24.1 Å². The van der Waals surface area contributed by atoms with Crippen LogP contribution in [0.1, 0.15) is 30.3 Å². The van der Waals surface area contributed by atoms with Crippen LogP contribution in [0.15, 0.2) is 12.3 Å². The Hall–Kier alpha value is -1.82. The molecule has 106 valence electrons. The number of hydrogen-bond acceptors (Lipinski definition) is 5. The van der Waals surface area contributed by atoms with Crippen molar-refractivity contribution in [3.63, 3.8) is 0 Å². The summed E-state index contributed by atoms with van der Waals surface area (Å²) in [5, 5.41) is 8.81. The normalized spacial score (nSPS) is 10.2. The van der Waals surface area contributed by atoms with Crippen LogP contribution in [0.25, 0.3) is 0 Å². The van der Waals surface area contributed by atoms with Gasteiger partial charge in [0.1, 0.15) is 6.61 Å². The van der Waals surface area contributed by atoms with E-state index in [4.69, 9.17) is 19.3 Å². The smallest absolute Gasteiger partial charge is 0.354 e. The zero-order valence-electron chi connectivity index (χ0n) is 11.2. The molecule has 0 amide bonds. The van der Waals surface area contributed by atoms with Crippen LogP contribution >= 0.6 is 0 Å². The number of unbranched alkanes of at least 4 members (excludes halogenated alkanes) is 1. The standard InChI is InChI=1S/C13H19NO5/c1-3-4-5-18-6-7-19-12-9-14-10(13(15)16)8-11(12)17-2/h8-9H,3-7H2,1-2H3,(H,15,16). The molecule has 6 nitrogen and oxygen atoms in total. The summed E-state index contributed by atoms with van der Waals surface area (Å²) in [6, 6.07) is 1.33. The van der Waals surface area contributed by atoms with Gasteiger partial charge in [0.15, 0.2) is 17.2 Å². The minimum absolute atomic E-state index is 0.0802.